The summed E-state index contributed by atoms with van der Waals surface area (Å²) in [6.07, 6.45) is 5.14. The van der Waals surface area contributed by atoms with Crippen molar-refractivity contribution in [1.29, 1.82) is 0 Å². The van der Waals surface area contributed by atoms with Gasteiger partial charge in [-0.05, 0) is 29.8 Å². The molecule has 1 rings (SSSR count). The van der Waals surface area contributed by atoms with E-state index in [2.05, 4.69) is 42.6 Å². The van der Waals surface area contributed by atoms with Crippen molar-refractivity contribution < 1.29 is 0 Å². The van der Waals surface area contributed by atoms with Crippen LogP contribution in [-0.4, -0.2) is 7.05 Å². The second kappa shape index (κ2) is 8.36. The fourth-order valence-corrected chi connectivity index (χ4v) is 1.19. The van der Waals surface area contributed by atoms with E-state index < -0.39 is 0 Å². The monoisotopic (exact) mass is 191 g/mol. The first kappa shape index (κ1) is 12.8. The van der Waals surface area contributed by atoms with Gasteiger partial charge in [0.2, 0.25) is 0 Å². The van der Waals surface area contributed by atoms with Crippen LogP contribution >= 0.6 is 0 Å². The summed E-state index contributed by atoms with van der Waals surface area (Å²) in [7, 11) is 1.91. The van der Waals surface area contributed by atoms with Crippen LogP contribution < -0.4 is 5.32 Å². The number of aryl methyl sites for hydroxylation is 1. The van der Waals surface area contributed by atoms with Gasteiger partial charge >= 0.3 is 0 Å². The molecule has 0 aliphatic heterocycles. The maximum Gasteiger partial charge on any atom is 0.00277 e. The van der Waals surface area contributed by atoms with Crippen LogP contribution in [0.4, 0.5) is 0 Å². The number of rotatable bonds is 3. The summed E-state index contributed by atoms with van der Waals surface area (Å²) in [6, 6.07) is 8.44. The minimum Gasteiger partial charge on any atom is -0.394 e. The summed E-state index contributed by atoms with van der Waals surface area (Å²) >= 11 is 0. The molecule has 14 heavy (non-hydrogen) atoms. The summed E-state index contributed by atoms with van der Waals surface area (Å²) in [5, 5.41) is 2.99. The molecule has 1 heteroatoms. The molecule has 0 saturated heterocycles. The maximum absolute atomic E-state index is 2.99. The van der Waals surface area contributed by atoms with Crippen molar-refractivity contribution in [1.82, 2.24) is 5.32 Å². The molecule has 0 saturated carbocycles. The van der Waals surface area contributed by atoms with Gasteiger partial charge in [-0.3, -0.25) is 0 Å². The van der Waals surface area contributed by atoms with E-state index in [1.54, 1.807) is 0 Å². The molecule has 0 heterocycles. The van der Waals surface area contributed by atoms with Crippen LogP contribution in [0.2, 0.25) is 0 Å². The van der Waals surface area contributed by atoms with Gasteiger partial charge in [0, 0.05) is 7.05 Å². The molecular weight excluding hydrogens is 170 g/mol. The SMILES string of the molecule is CC.CCc1ccccc1/C=C\NC. The number of nitrogens with one attached hydrogen (secondary N) is 1. The molecule has 78 valence electrons. The Labute approximate surface area is 87.9 Å². The van der Waals surface area contributed by atoms with E-state index >= 15 is 0 Å². The Morgan fingerprint density at radius 1 is 1.21 bits per heavy atom. The molecule has 0 atom stereocenters. The first-order valence-electron chi connectivity index (χ1n) is 5.30. The van der Waals surface area contributed by atoms with E-state index in [1.165, 1.54) is 11.1 Å². The van der Waals surface area contributed by atoms with Crippen LogP contribution in [0.15, 0.2) is 30.5 Å². The van der Waals surface area contributed by atoms with Crippen LogP contribution in [0.25, 0.3) is 6.08 Å². The van der Waals surface area contributed by atoms with E-state index in [0.29, 0.717) is 0 Å². The molecule has 0 amide bonds. The third-order valence-corrected chi connectivity index (χ3v) is 1.87. The molecule has 1 nitrogen and oxygen atoms in total. The van der Waals surface area contributed by atoms with Crippen LogP contribution in [-0.2, 0) is 6.42 Å². The highest BCUT2D eigenvalue weighted by atomic mass is 14.8. The Hall–Kier alpha value is -1.24. The lowest BCUT2D eigenvalue weighted by Gasteiger charge is -2.01. The molecule has 0 fully saturated rings. The predicted molar refractivity (Wildman–Crippen MR) is 65.3 cm³/mol. The van der Waals surface area contributed by atoms with Crippen molar-refractivity contribution in [3.63, 3.8) is 0 Å². The average Bonchev–Trinajstić information content (AvgIpc) is 2.29. The highest BCUT2D eigenvalue weighted by molar-refractivity contribution is 5.53. The van der Waals surface area contributed by atoms with Gasteiger partial charge < -0.3 is 5.32 Å². The minimum atomic E-state index is 1.09. The van der Waals surface area contributed by atoms with Crippen molar-refractivity contribution in [2.24, 2.45) is 0 Å². The standard InChI is InChI=1S/C11H15N.C2H6/c1-3-10-6-4-5-7-11(10)8-9-12-2;1-2/h4-9,12H,3H2,1-2H3;1-2H3/b9-8-;. The molecule has 1 aromatic rings. The van der Waals surface area contributed by atoms with Crippen LogP contribution in [0.5, 0.6) is 0 Å². The lowest BCUT2D eigenvalue weighted by atomic mass is 10.1. The highest BCUT2D eigenvalue weighted by Crippen LogP contribution is 2.10. The van der Waals surface area contributed by atoms with E-state index in [-0.39, 0.29) is 0 Å². The highest BCUT2D eigenvalue weighted by Gasteiger charge is 1.93. The average molecular weight is 191 g/mol. The van der Waals surface area contributed by atoms with Crippen molar-refractivity contribution in [2.45, 2.75) is 27.2 Å². The lowest BCUT2D eigenvalue weighted by Crippen LogP contribution is -1.92. The second-order valence-electron chi connectivity index (χ2n) is 2.67. The zero-order valence-electron chi connectivity index (χ0n) is 9.67. The van der Waals surface area contributed by atoms with Crippen molar-refractivity contribution >= 4 is 6.08 Å². The molecule has 0 spiro atoms. The third kappa shape index (κ3) is 4.13. The van der Waals surface area contributed by atoms with E-state index in [4.69, 9.17) is 0 Å². The largest absolute Gasteiger partial charge is 0.394 e. The Bertz CT molecular complexity index is 264. The molecule has 0 aromatic heterocycles. The fourth-order valence-electron chi connectivity index (χ4n) is 1.19. The molecule has 0 aliphatic carbocycles. The van der Waals surface area contributed by atoms with E-state index in [0.717, 1.165) is 6.42 Å². The number of benzene rings is 1. The Balaban J connectivity index is 0.000000791. The van der Waals surface area contributed by atoms with Gasteiger partial charge in [-0.25, -0.2) is 0 Å². The van der Waals surface area contributed by atoms with Crippen molar-refractivity contribution in [2.75, 3.05) is 7.05 Å². The zero-order chi connectivity index (χ0) is 10.8. The maximum atomic E-state index is 2.99. The molecule has 0 unspecified atom stereocenters. The first-order valence-corrected chi connectivity index (χ1v) is 5.30. The number of hydrogen-bond acceptors (Lipinski definition) is 1. The van der Waals surface area contributed by atoms with Crippen LogP contribution in [0.3, 0.4) is 0 Å². The molecule has 0 bridgehead atoms. The smallest absolute Gasteiger partial charge is 0.00277 e. The summed E-state index contributed by atoms with van der Waals surface area (Å²) < 4.78 is 0. The topological polar surface area (TPSA) is 12.0 Å². The molecule has 0 aliphatic rings. The fraction of sp³-hybridized carbons (Fsp3) is 0.385. The van der Waals surface area contributed by atoms with Crippen molar-refractivity contribution in [3.8, 4) is 0 Å². The predicted octanol–water partition coefficient (Wildman–Crippen LogP) is 3.47. The third-order valence-electron chi connectivity index (χ3n) is 1.87. The first-order chi connectivity index (χ1) is 6.88. The minimum absolute atomic E-state index is 1.09. The second-order valence-corrected chi connectivity index (χ2v) is 2.67. The van der Waals surface area contributed by atoms with Gasteiger partial charge in [0.1, 0.15) is 0 Å². The van der Waals surface area contributed by atoms with Crippen molar-refractivity contribution in [3.05, 3.63) is 41.6 Å². The quantitative estimate of drug-likeness (QED) is 0.771. The molecule has 0 radical (unpaired) electrons. The molecule has 1 N–H and O–H groups in total. The summed E-state index contributed by atoms with van der Waals surface area (Å²) in [4.78, 5) is 0. The number of hydrogen-bond donors (Lipinski definition) is 1. The van der Waals surface area contributed by atoms with Gasteiger partial charge in [-0.2, -0.15) is 0 Å². The van der Waals surface area contributed by atoms with E-state index in [1.807, 2.05) is 27.1 Å². The normalized spacial score (nSPS) is 9.43. The van der Waals surface area contributed by atoms with Gasteiger partial charge in [-0.1, -0.05) is 45.0 Å². The Kier molecular flexibility index (Phi) is 7.62. The summed E-state index contributed by atoms with van der Waals surface area (Å²) in [5.74, 6) is 0. The lowest BCUT2D eigenvalue weighted by molar-refractivity contribution is 1.10. The van der Waals surface area contributed by atoms with Gasteiger partial charge in [0.05, 0.1) is 0 Å². The zero-order valence-corrected chi connectivity index (χ0v) is 9.67. The van der Waals surface area contributed by atoms with Gasteiger partial charge in [0.25, 0.3) is 0 Å². The Morgan fingerprint density at radius 2 is 1.86 bits per heavy atom. The summed E-state index contributed by atoms with van der Waals surface area (Å²) in [5.41, 5.74) is 2.69. The van der Waals surface area contributed by atoms with E-state index in [9.17, 15) is 0 Å². The van der Waals surface area contributed by atoms with Crippen LogP contribution in [0.1, 0.15) is 31.9 Å². The molecule has 1 aromatic carbocycles. The van der Waals surface area contributed by atoms with Crippen LogP contribution in [0, 0.1) is 0 Å². The van der Waals surface area contributed by atoms with Gasteiger partial charge in [0.15, 0.2) is 0 Å². The van der Waals surface area contributed by atoms with Gasteiger partial charge in [-0.15, -0.1) is 0 Å². The molecular formula is C13H21N. The summed E-state index contributed by atoms with van der Waals surface area (Å²) in [6.45, 7) is 6.17. The Morgan fingerprint density at radius 3 is 2.43 bits per heavy atom.